The minimum atomic E-state index is -2.65. The van der Waals surface area contributed by atoms with Crippen molar-refractivity contribution in [2.75, 3.05) is 18.0 Å². The first-order chi connectivity index (χ1) is 10.6. The van der Waals surface area contributed by atoms with E-state index in [9.17, 15) is 8.78 Å². The van der Waals surface area contributed by atoms with Gasteiger partial charge in [-0.1, -0.05) is 0 Å². The molecule has 4 rings (SSSR count). The summed E-state index contributed by atoms with van der Waals surface area (Å²) in [6.07, 6.45) is -1.34. The molecule has 0 bridgehead atoms. The fourth-order valence-corrected chi connectivity index (χ4v) is 2.52. The summed E-state index contributed by atoms with van der Waals surface area (Å²) >= 11 is 0. The number of fused-ring (bicyclic) bond motifs is 1. The Kier molecular flexibility index (Phi) is 2.78. The zero-order valence-electron chi connectivity index (χ0n) is 11.6. The molecule has 1 aliphatic heterocycles. The highest BCUT2D eigenvalue weighted by Crippen LogP contribution is 2.31. The van der Waals surface area contributed by atoms with Crippen LogP contribution in [0, 0.1) is 6.92 Å². The Labute approximate surface area is 123 Å². The monoisotopic (exact) mass is 306 g/mol. The maximum atomic E-state index is 12.9. The first-order valence-electron chi connectivity index (χ1n) is 6.74. The Balaban J connectivity index is 1.63. The van der Waals surface area contributed by atoms with E-state index >= 15 is 0 Å². The first kappa shape index (κ1) is 13.0. The van der Waals surface area contributed by atoms with Crippen molar-refractivity contribution in [2.45, 2.75) is 19.3 Å². The van der Waals surface area contributed by atoms with Crippen LogP contribution in [0.25, 0.3) is 5.78 Å². The standard InChI is InChI=1S/C12H12F2N8/c1-6-17-11(20-19-6)7-3-21(4-7)9-2-8(10(13)14)18-12-15-5-16-22(9)12/h2,5,7,10H,3-4H2,1H3,(H,17,19,20). The van der Waals surface area contributed by atoms with Gasteiger partial charge >= 0.3 is 0 Å². The SMILES string of the molecule is Cc1nc(C2CN(c3cc(C(F)F)nc4ncnn34)C2)n[nH]1. The molecular weight excluding hydrogens is 294 g/mol. The van der Waals surface area contributed by atoms with Crippen LogP contribution in [0.15, 0.2) is 12.4 Å². The Morgan fingerprint density at radius 3 is 2.82 bits per heavy atom. The van der Waals surface area contributed by atoms with Crippen LogP contribution in [0.5, 0.6) is 0 Å². The van der Waals surface area contributed by atoms with E-state index in [2.05, 4.69) is 30.2 Å². The number of H-pyrrole nitrogens is 1. The largest absolute Gasteiger partial charge is 0.355 e. The van der Waals surface area contributed by atoms with Crippen LogP contribution in [0.3, 0.4) is 0 Å². The maximum Gasteiger partial charge on any atom is 0.280 e. The zero-order valence-corrected chi connectivity index (χ0v) is 11.6. The average molecular weight is 306 g/mol. The second-order valence-electron chi connectivity index (χ2n) is 5.19. The predicted molar refractivity (Wildman–Crippen MR) is 71.8 cm³/mol. The number of rotatable bonds is 3. The Bertz CT molecular complexity index is 820. The lowest BCUT2D eigenvalue weighted by molar-refractivity contribution is 0.146. The van der Waals surface area contributed by atoms with E-state index in [0.29, 0.717) is 18.9 Å². The zero-order chi connectivity index (χ0) is 15.3. The number of halogens is 2. The molecule has 10 heteroatoms. The quantitative estimate of drug-likeness (QED) is 0.779. The molecule has 1 saturated heterocycles. The molecule has 0 aromatic carbocycles. The third-order valence-electron chi connectivity index (χ3n) is 3.66. The lowest BCUT2D eigenvalue weighted by Gasteiger charge is -2.39. The molecule has 0 radical (unpaired) electrons. The summed E-state index contributed by atoms with van der Waals surface area (Å²) in [5.41, 5.74) is -0.298. The number of nitrogens with zero attached hydrogens (tertiary/aromatic N) is 7. The molecule has 114 valence electrons. The van der Waals surface area contributed by atoms with E-state index in [1.54, 1.807) is 0 Å². The first-order valence-corrected chi connectivity index (χ1v) is 6.74. The number of aromatic amines is 1. The summed E-state index contributed by atoms with van der Waals surface area (Å²) in [5.74, 6) is 2.40. The van der Waals surface area contributed by atoms with Crippen molar-refractivity contribution in [2.24, 2.45) is 0 Å². The lowest BCUT2D eigenvalue weighted by Crippen LogP contribution is -2.46. The summed E-state index contributed by atoms with van der Waals surface area (Å²) in [4.78, 5) is 13.9. The maximum absolute atomic E-state index is 12.9. The third-order valence-corrected chi connectivity index (χ3v) is 3.66. The van der Waals surface area contributed by atoms with Crippen molar-refractivity contribution >= 4 is 11.6 Å². The number of aromatic nitrogens is 7. The van der Waals surface area contributed by atoms with Crippen molar-refractivity contribution < 1.29 is 8.78 Å². The van der Waals surface area contributed by atoms with Gasteiger partial charge < -0.3 is 4.90 Å². The van der Waals surface area contributed by atoms with E-state index in [4.69, 9.17) is 0 Å². The predicted octanol–water partition coefficient (Wildman–Crippen LogP) is 1.09. The van der Waals surface area contributed by atoms with E-state index in [-0.39, 0.29) is 17.4 Å². The Hall–Kier alpha value is -2.65. The van der Waals surface area contributed by atoms with Gasteiger partial charge in [0.15, 0.2) is 5.82 Å². The van der Waals surface area contributed by atoms with Crippen LogP contribution in [0.4, 0.5) is 14.6 Å². The van der Waals surface area contributed by atoms with E-state index in [1.165, 1.54) is 16.9 Å². The number of nitrogens with one attached hydrogen (secondary N) is 1. The molecule has 0 unspecified atom stereocenters. The highest BCUT2D eigenvalue weighted by molar-refractivity contribution is 5.50. The van der Waals surface area contributed by atoms with Crippen LogP contribution in [-0.4, -0.2) is 47.9 Å². The number of alkyl halides is 2. The average Bonchev–Trinajstić information content (AvgIpc) is 3.05. The van der Waals surface area contributed by atoms with Crippen molar-refractivity contribution in [1.29, 1.82) is 0 Å². The van der Waals surface area contributed by atoms with Crippen molar-refractivity contribution in [3.8, 4) is 0 Å². The summed E-state index contributed by atoms with van der Waals surface area (Å²) in [6, 6.07) is 1.35. The summed E-state index contributed by atoms with van der Waals surface area (Å²) in [6.45, 7) is 3.11. The molecule has 3 aromatic heterocycles. The molecule has 1 aliphatic rings. The molecule has 22 heavy (non-hydrogen) atoms. The van der Waals surface area contributed by atoms with Crippen molar-refractivity contribution in [1.82, 2.24) is 34.8 Å². The summed E-state index contributed by atoms with van der Waals surface area (Å²) in [7, 11) is 0. The van der Waals surface area contributed by atoms with Gasteiger partial charge in [-0.2, -0.15) is 19.7 Å². The molecule has 0 saturated carbocycles. The minimum Gasteiger partial charge on any atom is -0.355 e. The van der Waals surface area contributed by atoms with Crippen LogP contribution < -0.4 is 4.90 Å². The van der Waals surface area contributed by atoms with Gasteiger partial charge in [-0.25, -0.2) is 18.7 Å². The van der Waals surface area contributed by atoms with Crippen molar-refractivity contribution in [3.63, 3.8) is 0 Å². The molecule has 0 atom stereocenters. The normalized spacial score (nSPS) is 15.7. The highest BCUT2D eigenvalue weighted by atomic mass is 19.3. The molecular formula is C12H12F2N8. The minimum absolute atomic E-state index is 0.171. The number of aryl methyl sites for hydroxylation is 1. The Morgan fingerprint density at radius 2 is 2.14 bits per heavy atom. The van der Waals surface area contributed by atoms with E-state index in [1.807, 2.05) is 11.8 Å². The van der Waals surface area contributed by atoms with Gasteiger partial charge in [-0.3, -0.25) is 5.10 Å². The van der Waals surface area contributed by atoms with Gasteiger partial charge in [0.1, 0.15) is 23.7 Å². The molecule has 0 aliphatic carbocycles. The second kappa shape index (κ2) is 4.68. The van der Waals surface area contributed by atoms with Crippen molar-refractivity contribution in [3.05, 3.63) is 29.7 Å². The van der Waals surface area contributed by atoms with Gasteiger partial charge in [0, 0.05) is 19.2 Å². The van der Waals surface area contributed by atoms with Gasteiger partial charge in [0.05, 0.1) is 5.92 Å². The molecule has 3 aromatic rings. The third kappa shape index (κ3) is 1.98. The van der Waals surface area contributed by atoms with E-state index in [0.717, 1.165) is 11.6 Å². The fraction of sp³-hybridized carbons (Fsp3) is 0.417. The topological polar surface area (TPSA) is 87.9 Å². The molecule has 0 amide bonds. The van der Waals surface area contributed by atoms with Gasteiger partial charge in [-0.15, -0.1) is 0 Å². The number of anilines is 1. The second-order valence-corrected chi connectivity index (χ2v) is 5.19. The number of hydrogen-bond acceptors (Lipinski definition) is 6. The number of hydrogen-bond donors (Lipinski definition) is 1. The van der Waals surface area contributed by atoms with Crippen LogP contribution >= 0.6 is 0 Å². The molecule has 0 spiro atoms. The highest BCUT2D eigenvalue weighted by Gasteiger charge is 2.33. The molecule has 1 N–H and O–H groups in total. The summed E-state index contributed by atoms with van der Waals surface area (Å²) < 4.78 is 27.4. The fourth-order valence-electron chi connectivity index (χ4n) is 2.52. The molecule has 4 heterocycles. The van der Waals surface area contributed by atoms with Crippen LogP contribution in [0.1, 0.15) is 29.7 Å². The Morgan fingerprint density at radius 1 is 1.32 bits per heavy atom. The summed E-state index contributed by atoms with van der Waals surface area (Å²) in [5, 5.41) is 11.0. The van der Waals surface area contributed by atoms with Gasteiger partial charge in [0.25, 0.3) is 12.2 Å². The lowest BCUT2D eigenvalue weighted by atomic mass is 9.99. The molecule has 1 fully saturated rings. The van der Waals surface area contributed by atoms with Crippen LogP contribution in [-0.2, 0) is 0 Å². The van der Waals surface area contributed by atoms with Gasteiger partial charge in [0.2, 0.25) is 0 Å². The van der Waals surface area contributed by atoms with Gasteiger partial charge in [-0.05, 0) is 6.92 Å². The van der Waals surface area contributed by atoms with Crippen LogP contribution in [0.2, 0.25) is 0 Å². The molecule has 8 nitrogen and oxygen atoms in total. The van der Waals surface area contributed by atoms with E-state index < -0.39 is 6.43 Å². The smallest absolute Gasteiger partial charge is 0.280 e.